The molecule has 5 heteroatoms. The van der Waals surface area contributed by atoms with Crippen LogP contribution in [-0.2, 0) is 15.1 Å². The number of nitrogens with one attached hydrogen (secondary N) is 1. The predicted octanol–water partition coefficient (Wildman–Crippen LogP) is 2.91. The fraction of sp³-hybridized carbons (Fsp3) is 0.562. The number of ether oxygens (including phenoxy) is 1. The van der Waals surface area contributed by atoms with E-state index >= 15 is 0 Å². The maximum absolute atomic E-state index is 10.9. The Morgan fingerprint density at radius 2 is 2.00 bits per heavy atom. The number of hydrogen-bond acceptors (Lipinski definition) is 3. The van der Waals surface area contributed by atoms with Gasteiger partial charge in [-0.3, -0.25) is 0 Å². The van der Waals surface area contributed by atoms with Gasteiger partial charge < -0.3 is 15.2 Å². The number of carbonyl (C=O) groups is 1. The van der Waals surface area contributed by atoms with Crippen molar-refractivity contribution in [2.75, 3.05) is 19.7 Å². The Kier molecular flexibility index (Phi) is 4.08. The van der Waals surface area contributed by atoms with Crippen molar-refractivity contribution < 1.29 is 14.6 Å². The molecule has 1 saturated carbocycles. The van der Waals surface area contributed by atoms with Crippen molar-refractivity contribution in [1.82, 2.24) is 5.32 Å². The standard InChI is InChI=1S/C16H20BrNO3/c17-13-3-1-2-12(8-13)16(21-9-14(19)20)6-4-15(5-7-16)10-18-11-15/h1-3,8,18H,4-7,9-11H2,(H,19,20). The summed E-state index contributed by atoms with van der Waals surface area (Å²) in [4.78, 5) is 10.9. The van der Waals surface area contributed by atoms with E-state index in [2.05, 4.69) is 27.3 Å². The van der Waals surface area contributed by atoms with Crippen LogP contribution in [0.25, 0.3) is 0 Å². The second-order valence-electron chi connectivity index (χ2n) is 6.29. The summed E-state index contributed by atoms with van der Waals surface area (Å²) >= 11 is 3.50. The van der Waals surface area contributed by atoms with E-state index in [0.717, 1.165) is 48.8 Å². The molecule has 1 saturated heterocycles. The molecule has 114 valence electrons. The van der Waals surface area contributed by atoms with E-state index in [0.29, 0.717) is 5.41 Å². The number of rotatable bonds is 4. The number of carboxylic acid groups (broad SMARTS) is 1. The molecule has 0 unspecified atom stereocenters. The minimum absolute atomic E-state index is 0.238. The third kappa shape index (κ3) is 3.00. The van der Waals surface area contributed by atoms with Crippen LogP contribution in [-0.4, -0.2) is 30.8 Å². The molecule has 1 spiro atoms. The minimum atomic E-state index is -0.907. The van der Waals surface area contributed by atoms with Gasteiger partial charge in [-0.05, 0) is 48.8 Å². The van der Waals surface area contributed by atoms with Crippen LogP contribution in [0.15, 0.2) is 28.7 Å². The zero-order valence-corrected chi connectivity index (χ0v) is 13.5. The lowest BCUT2D eigenvalue weighted by Crippen LogP contribution is -2.57. The van der Waals surface area contributed by atoms with Gasteiger partial charge in [0.2, 0.25) is 0 Å². The Morgan fingerprint density at radius 3 is 2.52 bits per heavy atom. The summed E-state index contributed by atoms with van der Waals surface area (Å²) in [5.41, 5.74) is 1.05. The number of aliphatic carboxylic acids is 1. The van der Waals surface area contributed by atoms with Gasteiger partial charge in [-0.2, -0.15) is 0 Å². The van der Waals surface area contributed by atoms with Crippen molar-refractivity contribution in [3.8, 4) is 0 Å². The van der Waals surface area contributed by atoms with Crippen molar-refractivity contribution in [3.63, 3.8) is 0 Å². The van der Waals surface area contributed by atoms with Crippen molar-refractivity contribution >= 4 is 21.9 Å². The Balaban J connectivity index is 1.83. The van der Waals surface area contributed by atoms with Gasteiger partial charge in [0.1, 0.15) is 6.61 Å². The fourth-order valence-electron chi connectivity index (χ4n) is 3.50. The highest BCUT2D eigenvalue weighted by Crippen LogP contribution is 2.49. The predicted molar refractivity (Wildman–Crippen MR) is 83.2 cm³/mol. The van der Waals surface area contributed by atoms with Crippen molar-refractivity contribution in [3.05, 3.63) is 34.3 Å². The van der Waals surface area contributed by atoms with Crippen LogP contribution in [0, 0.1) is 5.41 Å². The second-order valence-corrected chi connectivity index (χ2v) is 7.21. The molecule has 3 rings (SSSR count). The third-order valence-electron chi connectivity index (χ3n) is 4.94. The molecule has 2 fully saturated rings. The SMILES string of the molecule is O=C(O)COC1(c2cccc(Br)c2)CCC2(CC1)CNC2. The molecule has 0 bridgehead atoms. The molecule has 1 aromatic rings. The molecule has 4 nitrogen and oxygen atoms in total. The van der Waals surface area contributed by atoms with Crippen LogP contribution < -0.4 is 5.32 Å². The second kappa shape index (κ2) is 5.71. The number of benzene rings is 1. The first-order valence-electron chi connectivity index (χ1n) is 7.36. The topological polar surface area (TPSA) is 58.6 Å². The molecule has 1 aliphatic carbocycles. The van der Waals surface area contributed by atoms with Crippen molar-refractivity contribution in [2.24, 2.45) is 5.41 Å². The highest BCUT2D eigenvalue weighted by molar-refractivity contribution is 9.10. The Labute approximate surface area is 133 Å². The normalized spacial score (nSPS) is 22.7. The van der Waals surface area contributed by atoms with E-state index in [1.165, 1.54) is 0 Å². The van der Waals surface area contributed by atoms with Gasteiger partial charge in [0.05, 0.1) is 5.60 Å². The van der Waals surface area contributed by atoms with Crippen LogP contribution >= 0.6 is 15.9 Å². The van der Waals surface area contributed by atoms with Crippen LogP contribution in [0.5, 0.6) is 0 Å². The van der Waals surface area contributed by atoms with Crippen molar-refractivity contribution in [1.29, 1.82) is 0 Å². The van der Waals surface area contributed by atoms with Gasteiger partial charge in [-0.25, -0.2) is 4.79 Å². The molecular weight excluding hydrogens is 334 g/mol. The molecule has 2 aliphatic rings. The molecule has 1 heterocycles. The molecule has 0 radical (unpaired) electrons. The average molecular weight is 354 g/mol. The molecular formula is C16H20BrNO3. The van der Waals surface area contributed by atoms with Crippen LogP contribution in [0.4, 0.5) is 0 Å². The molecule has 21 heavy (non-hydrogen) atoms. The van der Waals surface area contributed by atoms with Gasteiger partial charge in [0.15, 0.2) is 0 Å². The van der Waals surface area contributed by atoms with Gasteiger partial charge in [-0.15, -0.1) is 0 Å². The van der Waals surface area contributed by atoms with Crippen LogP contribution in [0.2, 0.25) is 0 Å². The monoisotopic (exact) mass is 353 g/mol. The lowest BCUT2D eigenvalue weighted by Gasteiger charge is -2.51. The van der Waals surface area contributed by atoms with E-state index in [4.69, 9.17) is 9.84 Å². The lowest BCUT2D eigenvalue weighted by molar-refractivity contribution is -0.157. The van der Waals surface area contributed by atoms with Gasteiger partial charge >= 0.3 is 5.97 Å². The van der Waals surface area contributed by atoms with E-state index in [9.17, 15) is 4.79 Å². The maximum Gasteiger partial charge on any atom is 0.329 e. The Bertz CT molecular complexity index is 532. The molecule has 1 aromatic carbocycles. The average Bonchev–Trinajstić information content (AvgIpc) is 2.44. The van der Waals surface area contributed by atoms with E-state index in [1.54, 1.807) is 0 Å². The summed E-state index contributed by atoms with van der Waals surface area (Å²) in [7, 11) is 0. The number of carboxylic acids is 1. The first kappa shape index (κ1) is 15.0. The molecule has 0 atom stereocenters. The van der Waals surface area contributed by atoms with E-state index in [1.807, 2.05) is 18.2 Å². The van der Waals surface area contributed by atoms with Crippen molar-refractivity contribution in [2.45, 2.75) is 31.3 Å². The van der Waals surface area contributed by atoms with E-state index < -0.39 is 11.6 Å². The summed E-state index contributed by atoms with van der Waals surface area (Å²) in [5.74, 6) is -0.907. The molecule has 0 aromatic heterocycles. The van der Waals surface area contributed by atoms with Crippen LogP contribution in [0.3, 0.4) is 0 Å². The van der Waals surface area contributed by atoms with Gasteiger partial charge in [0.25, 0.3) is 0 Å². The summed E-state index contributed by atoms with van der Waals surface area (Å²) in [5, 5.41) is 12.3. The highest BCUT2D eigenvalue weighted by atomic mass is 79.9. The molecule has 0 amide bonds. The van der Waals surface area contributed by atoms with Gasteiger partial charge in [0, 0.05) is 17.6 Å². The van der Waals surface area contributed by atoms with Gasteiger partial charge in [-0.1, -0.05) is 28.1 Å². The first-order chi connectivity index (χ1) is 10.0. The summed E-state index contributed by atoms with van der Waals surface area (Å²) < 4.78 is 6.90. The highest BCUT2D eigenvalue weighted by Gasteiger charge is 2.47. The zero-order chi connectivity index (χ0) is 14.9. The third-order valence-corrected chi connectivity index (χ3v) is 5.43. The largest absolute Gasteiger partial charge is 0.480 e. The first-order valence-corrected chi connectivity index (χ1v) is 8.16. The van der Waals surface area contributed by atoms with Crippen LogP contribution in [0.1, 0.15) is 31.2 Å². The minimum Gasteiger partial charge on any atom is -0.480 e. The Morgan fingerprint density at radius 1 is 1.29 bits per heavy atom. The zero-order valence-electron chi connectivity index (χ0n) is 11.9. The number of halogens is 1. The summed E-state index contributed by atoms with van der Waals surface area (Å²) in [6, 6.07) is 8.07. The Hall–Kier alpha value is -0.910. The summed E-state index contributed by atoms with van der Waals surface area (Å²) in [6.45, 7) is 1.93. The molecule has 1 aliphatic heterocycles. The fourth-order valence-corrected chi connectivity index (χ4v) is 3.90. The number of hydrogen-bond donors (Lipinski definition) is 2. The van der Waals surface area contributed by atoms with E-state index in [-0.39, 0.29) is 6.61 Å². The summed E-state index contributed by atoms with van der Waals surface area (Å²) in [6.07, 6.45) is 3.95. The maximum atomic E-state index is 10.9. The molecule has 2 N–H and O–H groups in total. The smallest absolute Gasteiger partial charge is 0.329 e. The quantitative estimate of drug-likeness (QED) is 0.873. The lowest BCUT2D eigenvalue weighted by atomic mass is 9.64.